The lowest BCUT2D eigenvalue weighted by atomic mass is 10.2. The van der Waals surface area contributed by atoms with Crippen molar-refractivity contribution in [1.29, 1.82) is 0 Å². The number of aryl methyl sites for hydroxylation is 1. The van der Waals surface area contributed by atoms with E-state index in [1.807, 2.05) is 37.3 Å². The summed E-state index contributed by atoms with van der Waals surface area (Å²) in [4.78, 5) is 1.55. The van der Waals surface area contributed by atoms with Gasteiger partial charge in [0.05, 0.1) is 18.3 Å². The standard InChI is InChI=1S/C13H13ClN6/c1-2-19-12(14)11(8-15-19)13-16-18-20(17-13)9-10-6-4-3-5-7-10/h3-8H,2,9H2,1H3. The minimum absolute atomic E-state index is 0.491. The molecule has 3 aromatic rings. The molecule has 6 nitrogen and oxygen atoms in total. The Morgan fingerprint density at radius 3 is 2.70 bits per heavy atom. The van der Waals surface area contributed by atoms with E-state index in [1.54, 1.807) is 15.7 Å². The molecule has 0 bridgehead atoms. The van der Waals surface area contributed by atoms with Crippen molar-refractivity contribution in [3.63, 3.8) is 0 Å². The second-order valence-corrected chi connectivity index (χ2v) is 4.65. The van der Waals surface area contributed by atoms with Crippen LogP contribution in [0.4, 0.5) is 0 Å². The molecule has 0 saturated heterocycles. The second kappa shape index (κ2) is 5.42. The molecule has 2 heterocycles. The maximum Gasteiger partial charge on any atom is 0.209 e. The van der Waals surface area contributed by atoms with Crippen molar-refractivity contribution in [2.24, 2.45) is 0 Å². The van der Waals surface area contributed by atoms with Crippen molar-refractivity contribution in [1.82, 2.24) is 30.0 Å². The second-order valence-electron chi connectivity index (χ2n) is 4.29. The average Bonchev–Trinajstić information content (AvgIpc) is 3.06. The van der Waals surface area contributed by atoms with Gasteiger partial charge in [0.1, 0.15) is 5.15 Å². The third kappa shape index (κ3) is 2.42. The third-order valence-electron chi connectivity index (χ3n) is 2.94. The number of nitrogens with zero attached hydrogens (tertiary/aromatic N) is 6. The predicted molar refractivity (Wildman–Crippen MR) is 75.3 cm³/mol. The first-order valence-corrected chi connectivity index (χ1v) is 6.69. The van der Waals surface area contributed by atoms with Crippen LogP contribution in [0.5, 0.6) is 0 Å². The average molecular weight is 289 g/mol. The number of hydrogen-bond acceptors (Lipinski definition) is 4. The summed E-state index contributed by atoms with van der Waals surface area (Å²) in [6.45, 7) is 3.26. The summed E-state index contributed by atoms with van der Waals surface area (Å²) in [7, 11) is 0. The maximum absolute atomic E-state index is 6.21. The van der Waals surface area contributed by atoms with Gasteiger partial charge in [-0.25, -0.2) is 0 Å². The maximum atomic E-state index is 6.21. The molecule has 0 fully saturated rings. The van der Waals surface area contributed by atoms with Gasteiger partial charge in [-0.15, -0.1) is 10.2 Å². The van der Waals surface area contributed by atoms with Crippen LogP contribution < -0.4 is 0 Å². The molecule has 0 amide bonds. The van der Waals surface area contributed by atoms with Gasteiger partial charge < -0.3 is 0 Å². The molecule has 20 heavy (non-hydrogen) atoms. The summed E-state index contributed by atoms with van der Waals surface area (Å²) in [6, 6.07) is 9.98. The van der Waals surface area contributed by atoms with Crippen LogP contribution in [0, 0.1) is 0 Å². The lowest BCUT2D eigenvalue weighted by Crippen LogP contribution is -2.03. The Kier molecular flexibility index (Phi) is 3.47. The Bertz CT molecular complexity index is 703. The van der Waals surface area contributed by atoms with Gasteiger partial charge in [0.15, 0.2) is 0 Å². The van der Waals surface area contributed by atoms with Crippen LogP contribution in [0.1, 0.15) is 12.5 Å². The zero-order valence-electron chi connectivity index (χ0n) is 10.9. The first kappa shape index (κ1) is 12.8. The van der Waals surface area contributed by atoms with E-state index in [0.29, 0.717) is 29.6 Å². The van der Waals surface area contributed by atoms with Crippen LogP contribution in [0.15, 0.2) is 36.5 Å². The van der Waals surface area contributed by atoms with Crippen LogP contribution >= 0.6 is 11.6 Å². The molecule has 0 atom stereocenters. The van der Waals surface area contributed by atoms with Gasteiger partial charge in [-0.2, -0.15) is 9.90 Å². The van der Waals surface area contributed by atoms with Crippen molar-refractivity contribution < 1.29 is 0 Å². The smallest absolute Gasteiger partial charge is 0.209 e. The first-order valence-electron chi connectivity index (χ1n) is 6.31. The van der Waals surface area contributed by atoms with E-state index in [4.69, 9.17) is 11.6 Å². The summed E-state index contributed by atoms with van der Waals surface area (Å²) in [5.74, 6) is 0.491. The van der Waals surface area contributed by atoms with Crippen molar-refractivity contribution in [3.05, 3.63) is 47.2 Å². The SMILES string of the molecule is CCn1ncc(-c2nnn(Cc3ccccc3)n2)c1Cl. The van der Waals surface area contributed by atoms with Gasteiger partial charge in [-0.05, 0) is 17.7 Å². The normalized spacial score (nSPS) is 10.9. The molecular weight excluding hydrogens is 276 g/mol. The fraction of sp³-hybridized carbons (Fsp3) is 0.231. The zero-order chi connectivity index (χ0) is 13.9. The van der Waals surface area contributed by atoms with Gasteiger partial charge in [-0.3, -0.25) is 4.68 Å². The largest absolute Gasteiger partial charge is 0.254 e. The van der Waals surface area contributed by atoms with Crippen LogP contribution in [0.3, 0.4) is 0 Å². The Hall–Kier alpha value is -2.21. The third-order valence-corrected chi connectivity index (χ3v) is 3.33. The lowest BCUT2D eigenvalue weighted by molar-refractivity contribution is 0.573. The molecule has 7 heteroatoms. The highest BCUT2D eigenvalue weighted by atomic mass is 35.5. The summed E-state index contributed by atoms with van der Waals surface area (Å²) < 4.78 is 1.69. The molecule has 0 aliphatic carbocycles. The van der Waals surface area contributed by atoms with Gasteiger partial charge in [0.2, 0.25) is 5.82 Å². The molecule has 2 aromatic heterocycles. The molecule has 0 unspecified atom stereocenters. The highest BCUT2D eigenvalue weighted by Crippen LogP contribution is 2.23. The summed E-state index contributed by atoms with van der Waals surface area (Å²) in [5, 5.41) is 17.1. The molecule has 0 aliphatic heterocycles. The quantitative estimate of drug-likeness (QED) is 0.739. The molecule has 0 radical (unpaired) electrons. The van der Waals surface area contributed by atoms with E-state index in [-0.39, 0.29) is 0 Å². The van der Waals surface area contributed by atoms with E-state index in [1.165, 1.54) is 0 Å². The molecule has 102 valence electrons. The van der Waals surface area contributed by atoms with E-state index in [0.717, 1.165) is 5.56 Å². The van der Waals surface area contributed by atoms with Gasteiger partial charge in [-0.1, -0.05) is 41.9 Å². The Morgan fingerprint density at radius 1 is 1.20 bits per heavy atom. The van der Waals surface area contributed by atoms with Crippen LogP contribution in [0.2, 0.25) is 5.15 Å². The molecule has 0 spiro atoms. The van der Waals surface area contributed by atoms with Gasteiger partial charge >= 0.3 is 0 Å². The van der Waals surface area contributed by atoms with Crippen LogP contribution in [-0.4, -0.2) is 30.0 Å². The summed E-state index contributed by atoms with van der Waals surface area (Å²) >= 11 is 6.21. The summed E-state index contributed by atoms with van der Waals surface area (Å²) in [5.41, 5.74) is 1.82. The van der Waals surface area contributed by atoms with Gasteiger partial charge in [0, 0.05) is 6.54 Å². The molecular formula is C13H13ClN6. The fourth-order valence-corrected chi connectivity index (χ4v) is 2.20. The van der Waals surface area contributed by atoms with Crippen molar-refractivity contribution in [2.75, 3.05) is 0 Å². The van der Waals surface area contributed by atoms with E-state index < -0.39 is 0 Å². The number of hydrogen-bond donors (Lipinski definition) is 0. The van der Waals surface area contributed by atoms with Crippen LogP contribution in [0.25, 0.3) is 11.4 Å². The Labute approximate surface area is 121 Å². The lowest BCUT2D eigenvalue weighted by Gasteiger charge is -1.98. The van der Waals surface area contributed by atoms with Gasteiger partial charge in [0.25, 0.3) is 0 Å². The molecule has 1 aromatic carbocycles. The van der Waals surface area contributed by atoms with Crippen molar-refractivity contribution >= 4 is 11.6 Å². The highest BCUT2D eigenvalue weighted by Gasteiger charge is 2.14. The Morgan fingerprint density at radius 2 is 2.00 bits per heavy atom. The number of rotatable bonds is 4. The minimum atomic E-state index is 0.491. The van der Waals surface area contributed by atoms with E-state index in [9.17, 15) is 0 Å². The van der Waals surface area contributed by atoms with Crippen molar-refractivity contribution in [3.8, 4) is 11.4 Å². The van der Waals surface area contributed by atoms with E-state index in [2.05, 4.69) is 20.5 Å². The topological polar surface area (TPSA) is 61.4 Å². The highest BCUT2D eigenvalue weighted by molar-refractivity contribution is 6.32. The van der Waals surface area contributed by atoms with Crippen LogP contribution in [-0.2, 0) is 13.1 Å². The Balaban J connectivity index is 1.85. The fourth-order valence-electron chi connectivity index (χ4n) is 1.91. The van der Waals surface area contributed by atoms with E-state index >= 15 is 0 Å². The number of tetrazole rings is 1. The molecule has 0 N–H and O–H groups in total. The number of benzene rings is 1. The molecule has 0 aliphatic rings. The monoisotopic (exact) mass is 288 g/mol. The van der Waals surface area contributed by atoms with Crippen molar-refractivity contribution in [2.45, 2.75) is 20.0 Å². The molecule has 3 rings (SSSR count). The number of halogens is 1. The molecule has 0 saturated carbocycles. The predicted octanol–water partition coefficient (Wildman–Crippen LogP) is 2.26. The number of aromatic nitrogens is 6. The first-order chi connectivity index (χ1) is 9.78. The summed E-state index contributed by atoms with van der Waals surface area (Å²) in [6.07, 6.45) is 1.66. The zero-order valence-corrected chi connectivity index (χ0v) is 11.7. The minimum Gasteiger partial charge on any atom is -0.254 e.